The van der Waals surface area contributed by atoms with E-state index in [0.29, 0.717) is 0 Å². The molecule has 0 aromatic carbocycles. The topological polar surface area (TPSA) is 49.9 Å². The number of hydrogen-bond donors (Lipinski definition) is 1. The van der Waals surface area contributed by atoms with Gasteiger partial charge in [-0.2, -0.15) is 11.3 Å². The molecule has 5 heteroatoms. The zero-order valence-corrected chi connectivity index (χ0v) is 12.3. The van der Waals surface area contributed by atoms with Crippen LogP contribution in [0.1, 0.15) is 21.5 Å². The van der Waals surface area contributed by atoms with Crippen molar-refractivity contribution >= 4 is 44.7 Å². The molecule has 0 unspecified atom stereocenters. The maximum atomic E-state index is 12.2. The normalized spacial score (nSPS) is 11.4. The smallest absolute Gasteiger partial charge is 0.260 e. The summed E-state index contributed by atoms with van der Waals surface area (Å²) >= 11 is 3.03. The van der Waals surface area contributed by atoms with Gasteiger partial charge in [0.2, 0.25) is 0 Å². The SMILES string of the molecule is Cc1c(C(=O)/C=C/c2ccsc2)c(=O)[nH]c2sccc12. The van der Waals surface area contributed by atoms with Gasteiger partial charge in [-0.1, -0.05) is 6.08 Å². The van der Waals surface area contributed by atoms with Gasteiger partial charge in [0.25, 0.3) is 5.56 Å². The third kappa shape index (κ3) is 2.26. The van der Waals surface area contributed by atoms with Gasteiger partial charge in [-0.05, 0) is 52.4 Å². The number of nitrogens with one attached hydrogen (secondary N) is 1. The Bertz CT molecular complexity index is 854. The third-order valence-electron chi connectivity index (χ3n) is 3.12. The van der Waals surface area contributed by atoms with E-state index in [4.69, 9.17) is 0 Å². The van der Waals surface area contributed by atoms with Gasteiger partial charge < -0.3 is 4.98 Å². The van der Waals surface area contributed by atoms with Crippen LogP contribution in [0, 0.1) is 6.92 Å². The fourth-order valence-electron chi connectivity index (χ4n) is 2.09. The first kappa shape index (κ1) is 13.0. The molecule has 0 aliphatic rings. The molecule has 0 amide bonds. The molecule has 3 heterocycles. The average molecular weight is 301 g/mol. The summed E-state index contributed by atoms with van der Waals surface area (Å²) in [7, 11) is 0. The second-order valence-electron chi connectivity index (χ2n) is 4.37. The van der Waals surface area contributed by atoms with Gasteiger partial charge >= 0.3 is 0 Å². The highest BCUT2D eigenvalue weighted by molar-refractivity contribution is 7.16. The highest BCUT2D eigenvalue weighted by Crippen LogP contribution is 2.22. The predicted octanol–water partition coefficient (Wildman–Crippen LogP) is 3.86. The van der Waals surface area contributed by atoms with Crippen molar-refractivity contribution in [3.63, 3.8) is 0 Å². The molecule has 20 heavy (non-hydrogen) atoms. The molecule has 0 radical (unpaired) electrons. The molecule has 0 spiro atoms. The number of thiophene rings is 2. The van der Waals surface area contributed by atoms with E-state index in [1.807, 2.05) is 35.2 Å². The Morgan fingerprint density at radius 2 is 2.15 bits per heavy atom. The summed E-state index contributed by atoms with van der Waals surface area (Å²) in [6.07, 6.45) is 3.19. The quantitative estimate of drug-likeness (QED) is 0.590. The highest BCUT2D eigenvalue weighted by atomic mass is 32.1. The van der Waals surface area contributed by atoms with Gasteiger partial charge in [0, 0.05) is 5.39 Å². The molecule has 3 nitrogen and oxygen atoms in total. The molecule has 3 aromatic heterocycles. The molecule has 0 atom stereocenters. The number of allylic oxidation sites excluding steroid dienone is 1. The van der Waals surface area contributed by atoms with Crippen LogP contribution in [0.2, 0.25) is 0 Å². The van der Waals surface area contributed by atoms with Gasteiger partial charge in [0.05, 0.1) is 5.56 Å². The first-order valence-electron chi connectivity index (χ1n) is 6.01. The van der Waals surface area contributed by atoms with E-state index in [9.17, 15) is 9.59 Å². The van der Waals surface area contributed by atoms with Gasteiger partial charge in [0.15, 0.2) is 5.78 Å². The summed E-state index contributed by atoms with van der Waals surface area (Å²) < 4.78 is 0. The van der Waals surface area contributed by atoms with Crippen molar-refractivity contribution in [2.24, 2.45) is 0 Å². The van der Waals surface area contributed by atoms with Crippen LogP contribution in [0.4, 0.5) is 0 Å². The van der Waals surface area contributed by atoms with Crippen LogP contribution in [0.15, 0.2) is 39.1 Å². The zero-order chi connectivity index (χ0) is 14.1. The summed E-state index contributed by atoms with van der Waals surface area (Å²) in [6.45, 7) is 1.82. The minimum absolute atomic E-state index is 0.224. The molecule has 0 saturated carbocycles. The molecule has 0 saturated heterocycles. The van der Waals surface area contributed by atoms with E-state index in [2.05, 4.69) is 4.98 Å². The van der Waals surface area contributed by atoms with Crippen molar-refractivity contribution in [1.29, 1.82) is 0 Å². The number of hydrogen-bond acceptors (Lipinski definition) is 4. The number of aromatic amines is 1. The van der Waals surface area contributed by atoms with Crippen molar-refractivity contribution in [3.05, 3.63) is 61.4 Å². The van der Waals surface area contributed by atoms with Crippen LogP contribution in [-0.2, 0) is 0 Å². The second kappa shape index (κ2) is 5.19. The lowest BCUT2D eigenvalue weighted by atomic mass is 10.0. The van der Waals surface area contributed by atoms with E-state index in [0.717, 1.165) is 21.3 Å². The Hall–Kier alpha value is -1.98. The minimum Gasteiger partial charge on any atom is -0.313 e. The molecule has 3 aromatic rings. The molecule has 3 rings (SSSR count). The van der Waals surface area contributed by atoms with Crippen LogP contribution >= 0.6 is 22.7 Å². The summed E-state index contributed by atoms with van der Waals surface area (Å²) in [4.78, 5) is 27.9. The van der Waals surface area contributed by atoms with Crippen molar-refractivity contribution in [2.75, 3.05) is 0 Å². The number of aromatic nitrogens is 1. The summed E-state index contributed by atoms with van der Waals surface area (Å²) in [5.74, 6) is -0.261. The molecule has 0 aliphatic carbocycles. The molecule has 0 bridgehead atoms. The van der Waals surface area contributed by atoms with Crippen molar-refractivity contribution in [1.82, 2.24) is 4.98 Å². The molecular formula is C15H11NO2S2. The van der Waals surface area contributed by atoms with E-state index >= 15 is 0 Å². The lowest BCUT2D eigenvalue weighted by molar-refractivity contribution is 0.104. The Labute approximate surface area is 123 Å². The second-order valence-corrected chi connectivity index (χ2v) is 6.07. The maximum absolute atomic E-state index is 12.2. The number of rotatable bonds is 3. The standard InChI is InChI=1S/C15H11NO2S2/c1-9-11-5-7-20-15(11)16-14(18)13(9)12(17)3-2-10-4-6-19-8-10/h2-8H,1H3,(H,16,18)/b3-2+. The number of H-pyrrole nitrogens is 1. The minimum atomic E-state index is -0.322. The van der Waals surface area contributed by atoms with Gasteiger partial charge in [0.1, 0.15) is 4.83 Å². The number of carbonyl (C=O) groups excluding carboxylic acids is 1. The summed E-state index contributed by atoms with van der Waals surface area (Å²) in [6, 6.07) is 3.85. The molecule has 0 aliphatic heterocycles. The number of aryl methyl sites for hydroxylation is 1. The monoisotopic (exact) mass is 301 g/mol. The predicted molar refractivity (Wildman–Crippen MR) is 84.9 cm³/mol. The Balaban J connectivity index is 2.05. The number of carbonyl (C=O) groups is 1. The maximum Gasteiger partial charge on any atom is 0.260 e. The number of pyridine rings is 1. The van der Waals surface area contributed by atoms with Crippen LogP contribution in [0.3, 0.4) is 0 Å². The molecule has 1 N–H and O–H groups in total. The average Bonchev–Trinajstić information content (AvgIpc) is 3.06. The third-order valence-corrected chi connectivity index (χ3v) is 4.65. The van der Waals surface area contributed by atoms with Crippen LogP contribution in [0.25, 0.3) is 16.3 Å². The lowest BCUT2D eigenvalue weighted by Crippen LogP contribution is -2.18. The highest BCUT2D eigenvalue weighted by Gasteiger charge is 2.14. The molecule has 0 fully saturated rings. The van der Waals surface area contributed by atoms with E-state index < -0.39 is 0 Å². The molecular weight excluding hydrogens is 290 g/mol. The summed E-state index contributed by atoms with van der Waals surface area (Å²) in [5, 5.41) is 6.73. The Kier molecular flexibility index (Phi) is 3.38. The van der Waals surface area contributed by atoms with Crippen molar-refractivity contribution in [2.45, 2.75) is 6.92 Å². The Morgan fingerprint density at radius 1 is 1.30 bits per heavy atom. The van der Waals surface area contributed by atoms with Crippen LogP contribution < -0.4 is 5.56 Å². The van der Waals surface area contributed by atoms with Gasteiger partial charge in [-0.25, -0.2) is 0 Å². The molecule has 100 valence electrons. The summed E-state index contributed by atoms with van der Waals surface area (Å²) in [5.41, 5.74) is 1.61. The number of fused-ring (bicyclic) bond motifs is 1. The largest absolute Gasteiger partial charge is 0.313 e. The zero-order valence-electron chi connectivity index (χ0n) is 10.7. The van der Waals surface area contributed by atoms with Gasteiger partial charge in [-0.3, -0.25) is 9.59 Å². The first-order chi connectivity index (χ1) is 9.66. The van der Waals surface area contributed by atoms with Crippen LogP contribution in [0.5, 0.6) is 0 Å². The lowest BCUT2D eigenvalue weighted by Gasteiger charge is -2.02. The first-order valence-corrected chi connectivity index (χ1v) is 7.84. The van der Waals surface area contributed by atoms with E-state index in [1.165, 1.54) is 17.4 Å². The van der Waals surface area contributed by atoms with E-state index in [1.54, 1.807) is 17.4 Å². The fourth-order valence-corrected chi connectivity index (χ4v) is 3.56. The van der Waals surface area contributed by atoms with Gasteiger partial charge in [-0.15, -0.1) is 11.3 Å². The van der Waals surface area contributed by atoms with Crippen molar-refractivity contribution < 1.29 is 4.79 Å². The number of ketones is 1. The van der Waals surface area contributed by atoms with Crippen molar-refractivity contribution in [3.8, 4) is 0 Å². The fraction of sp³-hybridized carbons (Fsp3) is 0.0667. The van der Waals surface area contributed by atoms with E-state index in [-0.39, 0.29) is 16.9 Å². The van der Waals surface area contributed by atoms with Crippen LogP contribution in [-0.4, -0.2) is 10.8 Å². The Morgan fingerprint density at radius 3 is 2.90 bits per heavy atom.